The summed E-state index contributed by atoms with van der Waals surface area (Å²) in [4.78, 5) is 0. The zero-order chi connectivity index (χ0) is 20.3. The van der Waals surface area contributed by atoms with Crippen molar-refractivity contribution in [2.24, 2.45) is 0 Å². The van der Waals surface area contributed by atoms with Crippen molar-refractivity contribution in [2.75, 3.05) is 6.26 Å². The minimum atomic E-state index is -4.60. The Kier molecular flexibility index (Phi) is 5.92. The van der Waals surface area contributed by atoms with Crippen molar-refractivity contribution in [3.8, 4) is 17.5 Å². The highest BCUT2D eigenvalue weighted by atomic mass is 35.5. The third-order valence-corrected chi connectivity index (χ3v) is 4.80. The van der Waals surface area contributed by atoms with Gasteiger partial charge < -0.3 is 0 Å². The van der Waals surface area contributed by atoms with Crippen LogP contribution in [0.15, 0.2) is 54.6 Å². The number of alkyl halides is 3. The van der Waals surface area contributed by atoms with Gasteiger partial charge in [-0.2, -0.15) is 18.3 Å². The van der Waals surface area contributed by atoms with Crippen LogP contribution in [0.1, 0.15) is 22.5 Å². The van der Waals surface area contributed by atoms with E-state index in [2.05, 4.69) is 16.9 Å². The van der Waals surface area contributed by atoms with E-state index in [1.807, 2.05) is 0 Å². The quantitative estimate of drug-likeness (QED) is 0.567. The van der Waals surface area contributed by atoms with E-state index < -0.39 is 22.7 Å². The second kappa shape index (κ2) is 8.21. The first-order valence-electron chi connectivity index (χ1n) is 8.07. The van der Waals surface area contributed by atoms with Crippen molar-refractivity contribution in [3.05, 3.63) is 82.1 Å². The summed E-state index contributed by atoms with van der Waals surface area (Å²) in [7, 11) is -0.956. The fourth-order valence-electron chi connectivity index (χ4n) is 2.47. The highest BCUT2D eigenvalue weighted by molar-refractivity contribution is 7.83. The molecular weight excluding hydrogens is 409 g/mol. The average Bonchev–Trinajstić information content (AvgIpc) is 3.05. The van der Waals surface area contributed by atoms with Crippen molar-refractivity contribution in [2.45, 2.75) is 11.9 Å². The summed E-state index contributed by atoms with van der Waals surface area (Å²) in [5.74, 6) is 6.01. The van der Waals surface area contributed by atoms with Gasteiger partial charge in [0.05, 0.1) is 10.7 Å². The van der Waals surface area contributed by atoms with Crippen LogP contribution in [0.25, 0.3) is 5.69 Å². The molecule has 0 amide bonds. The molecule has 1 aromatic heterocycles. The van der Waals surface area contributed by atoms with Crippen molar-refractivity contribution in [3.63, 3.8) is 0 Å². The van der Waals surface area contributed by atoms with Crippen LogP contribution in [0, 0.1) is 11.8 Å². The van der Waals surface area contributed by atoms with Crippen LogP contribution < -0.4 is 0 Å². The van der Waals surface area contributed by atoms with Gasteiger partial charge in [0.1, 0.15) is 5.69 Å². The number of nitrogens with zero attached hydrogens (tertiary/aromatic N) is 2. The second-order valence-corrected chi connectivity index (χ2v) is 7.78. The van der Waals surface area contributed by atoms with E-state index in [0.29, 0.717) is 17.0 Å². The number of hydrogen-bond donors (Lipinski definition) is 0. The Hall–Kier alpha value is -2.56. The summed E-state index contributed by atoms with van der Waals surface area (Å²) in [5.41, 5.74) is 0.847. The number of hydrogen-bond acceptors (Lipinski definition) is 2. The summed E-state index contributed by atoms with van der Waals surface area (Å²) in [6, 6.07) is 14.4. The molecule has 0 radical (unpaired) electrons. The Morgan fingerprint density at radius 2 is 1.79 bits per heavy atom. The summed E-state index contributed by atoms with van der Waals surface area (Å²) >= 11 is 6.12. The summed E-state index contributed by atoms with van der Waals surface area (Å²) in [5, 5.41) is 3.91. The Balaban J connectivity index is 2.00. The third-order valence-electron chi connectivity index (χ3n) is 3.74. The molecule has 1 heterocycles. The third kappa shape index (κ3) is 4.83. The lowest BCUT2D eigenvalue weighted by Gasteiger charge is -2.06. The smallest absolute Gasteiger partial charge is 0.260 e. The van der Waals surface area contributed by atoms with Crippen LogP contribution in [0.4, 0.5) is 13.2 Å². The monoisotopic (exact) mass is 422 g/mol. The molecule has 0 bridgehead atoms. The number of halogens is 4. The second-order valence-electron chi connectivity index (χ2n) is 5.94. The summed E-state index contributed by atoms with van der Waals surface area (Å²) in [6.45, 7) is 0. The molecule has 0 fully saturated rings. The van der Waals surface area contributed by atoms with Crippen LogP contribution in [0.3, 0.4) is 0 Å². The summed E-state index contributed by atoms with van der Waals surface area (Å²) in [6.07, 6.45) is -2.98. The Bertz CT molecular complexity index is 1080. The van der Waals surface area contributed by atoms with E-state index in [-0.39, 0.29) is 10.7 Å². The molecular formula is C20H14ClF3N2OS. The molecule has 28 heavy (non-hydrogen) atoms. The minimum Gasteiger partial charge on any atom is -0.260 e. The lowest BCUT2D eigenvalue weighted by molar-refractivity contribution is -0.141. The highest BCUT2D eigenvalue weighted by Crippen LogP contribution is 2.30. The first-order chi connectivity index (χ1) is 13.2. The van der Waals surface area contributed by atoms with E-state index in [1.54, 1.807) is 54.8 Å². The minimum absolute atomic E-state index is 0.0687. The molecule has 3 rings (SSSR count). The predicted octanol–water partition coefficient (Wildman–Crippen LogP) is 4.82. The zero-order valence-electron chi connectivity index (χ0n) is 14.6. The largest absolute Gasteiger partial charge is 0.435 e. The van der Waals surface area contributed by atoms with Crippen LogP contribution in [-0.2, 0) is 22.7 Å². The Morgan fingerprint density at radius 1 is 1.11 bits per heavy atom. The van der Waals surface area contributed by atoms with Gasteiger partial charge in [0.2, 0.25) is 0 Å². The van der Waals surface area contributed by atoms with Gasteiger partial charge in [0, 0.05) is 34.4 Å². The van der Waals surface area contributed by atoms with E-state index in [1.165, 1.54) is 0 Å². The molecule has 0 saturated carbocycles. The molecule has 0 aliphatic carbocycles. The van der Waals surface area contributed by atoms with Gasteiger partial charge in [-0.1, -0.05) is 41.8 Å². The maximum Gasteiger partial charge on any atom is 0.435 e. The molecule has 0 aliphatic rings. The molecule has 0 aliphatic heterocycles. The lowest BCUT2D eigenvalue weighted by Crippen LogP contribution is -2.07. The average molecular weight is 423 g/mol. The van der Waals surface area contributed by atoms with Gasteiger partial charge in [0.25, 0.3) is 0 Å². The molecule has 0 saturated heterocycles. The molecule has 3 nitrogen and oxygen atoms in total. The molecule has 1 unspecified atom stereocenters. The molecule has 1 atom stereocenters. The van der Waals surface area contributed by atoms with Gasteiger partial charge >= 0.3 is 6.18 Å². The predicted molar refractivity (Wildman–Crippen MR) is 104 cm³/mol. The van der Waals surface area contributed by atoms with Crippen LogP contribution in [0.2, 0.25) is 5.02 Å². The van der Waals surface area contributed by atoms with Crippen molar-refractivity contribution in [1.82, 2.24) is 9.78 Å². The van der Waals surface area contributed by atoms with Crippen molar-refractivity contribution < 1.29 is 17.4 Å². The van der Waals surface area contributed by atoms with Gasteiger partial charge in [0.15, 0.2) is 5.69 Å². The highest BCUT2D eigenvalue weighted by Gasteiger charge is 2.35. The Morgan fingerprint density at radius 3 is 2.39 bits per heavy atom. The first-order valence-corrected chi connectivity index (χ1v) is 10.2. The van der Waals surface area contributed by atoms with Crippen LogP contribution >= 0.6 is 11.6 Å². The fraction of sp³-hybridized carbons (Fsp3) is 0.150. The molecule has 144 valence electrons. The maximum atomic E-state index is 13.1. The van der Waals surface area contributed by atoms with Crippen LogP contribution in [-0.4, -0.2) is 20.2 Å². The van der Waals surface area contributed by atoms with E-state index in [0.717, 1.165) is 16.3 Å². The normalized spacial score (nSPS) is 12.3. The zero-order valence-corrected chi connectivity index (χ0v) is 16.2. The molecule has 0 N–H and O–H groups in total. The maximum absolute atomic E-state index is 13.1. The number of benzene rings is 2. The number of para-hydroxylation sites is 1. The van der Waals surface area contributed by atoms with Gasteiger partial charge in [-0.25, -0.2) is 4.68 Å². The lowest BCUT2D eigenvalue weighted by atomic mass is 10.1. The van der Waals surface area contributed by atoms with Gasteiger partial charge in [-0.3, -0.25) is 4.21 Å². The van der Waals surface area contributed by atoms with E-state index in [4.69, 9.17) is 11.6 Å². The van der Waals surface area contributed by atoms with Gasteiger partial charge in [-0.15, -0.1) is 0 Å². The van der Waals surface area contributed by atoms with Crippen molar-refractivity contribution >= 4 is 22.4 Å². The SMILES string of the molecule is CS(=O)Cc1ccc(C#Cc2cc(C(F)(F)F)nn2-c2ccccc2Cl)cc1. The van der Waals surface area contributed by atoms with Crippen molar-refractivity contribution in [1.29, 1.82) is 0 Å². The molecule has 2 aromatic carbocycles. The number of aromatic nitrogens is 2. The first kappa shape index (κ1) is 20.2. The Labute approximate surface area is 167 Å². The van der Waals surface area contributed by atoms with Gasteiger partial charge in [-0.05, 0) is 35.7 Å². The summed E-state index contributed by atoms with van der Waals surface area (Å²) < 4.78 is 51.7. The topological polar surface area (TPSA) is 34.9 Å². The molecule has 8 heteroatoms. The van der Waals surface area contributed by atoms with E-state index in [9.17, 15) is 17.4 Å². The number of rotatable bonds is 3. The van der Waals surface area contributed by atoms with E-state index >= 15 is 0 Å². The fourth-order valence-corrected chi connectivity index (χ4v) is 3.35. The molecule has 0 spiro atoms. The standard InChI is InChI=1S/C20H14ClF3N2OS/c1-28(27)13-15-8-6-14(7-9-15)10-11-16-12-19(20(22,23)24)25-26(16)18-5-3-2-4-17(18)21/h2-9,12H,13H2,1H3. The molecule has 3 aromatic rings. The van der Waals surface area contributed by atoms with Crippen LogP contribution in [0.5, 0.6) is 0 Å².